The van der Waals surface area contributed by atoms with Gasteiger partial charge in [-0.25, -0.2) is 0 Å². The van der Waals surface area contributed by atoms with Crippen molar-refractivity contribution in [2.45, 2.75) is 0 Å². The molecule has 1 amide bonds. The summed E-state index contributed by atoms with van der Waals surface area (Å²) in [6, 6.07) is 7.98. The zero-order valence-corrected chi connectivity index (χ0v) is 16.5. The van der Waals surface area contributed by atoms with E-state index in [2.05, 4.69) is 46.7 Å². The molecule has 128 valence electrons. The molecule has 2 aromatic heterocycles. The van der Waals surface area contributed by atoms with Crippen molar-refractivity contribution in [2.24, 2.45) is 0 Å². The summed E-state index contributed by atoms with van der Waals surface area (Å²) in [5.74, 6) is 0.0786. The van der Waals surface area contributed by atoms with E-state index < -0.39 is 0 Å². The summed E-state index contributed by atoms with van der Waals surface area (Å²) in [4.78, 5) is 24.4. The molecule has 7 heteroatoms. The smallest absolute Gasteiger partial charge is 0.256 e. The van der Waals surface area contributed by atoms with Crippen LogP contribution in [0.3, 0.4) is 0 Å². The lowest BCUT2D eigenvalue weighted by atomic mass is 10.1. The van der Waals surface area contributed by atoms with Gasteiger partial charge in [0.25, 0.3) is 5.91 Å². The van der Waals surface area contributed by atoms with Crippen LogP contribution in [0.2, 0.25) is 0 Å². The SMILES string of the molecule is O=C(c1c[nH]c2cc(Br)c(Br)cc12)N1CCN(c2ccncc2)CC1. The molecule has 1 aliphatic heterocycles. The monoisotopic (exact) mass is 462 g/mol. The minimum atomic E-state index is 0.0786. The molecule has 3 aromatic rings. The Bertz CT molecular complexity index is 917. The molecule has 0 radical (unpaired) electrons. The van der Waals surface area contributed by atoms with E-state index in [4.69, 9.17) is 0 Å². The van der Waals surface area contributed by atoms with E-state index in [1.165, 1.54) is 0 Å². The molecule has 0 aliphatic carbocycles. The van der Waals surface area contributed by atoms with Crippen LogP contribution in [0.15, 0.2) is 51.8 Å². The first-order valence-corrected chi connectivity index (χ1v) is 9.62. The number of nitrogens with zero attached hydrogens (tertiary/aromatic N) is 3. The van der Waals surface area contributed by atoms with Crippen LogP contribution < -0.4 is 4.90 Å². The Morgan fingerprint density at radius 3 is 2.44 bits per heavy atom. The van der Waals surface area contributed by atoms with Crippen LogP contribution in [-0.4, -0.2) is 47.0 Å². The fourth-order valence-corrected chi connectivity index (χ4v) is 3.87. The van der Waals surface area contributed by atoms with E-state index >= 15 is 0 Å². The molecule has 4 rings (SSSR count). The third-order valence-electron chi connectivity index (χ3n) is 4.55. The standard InChI is InChI=1S/C18H16Br2N4O/c19-15-9-13-14(11-22-17(13)10-16(15)20)18(25)24-7-5-23(6-8-24)12-1-3-21-4-2-12/h1-4,9-11,22H,5-8H2. The number of benzene rings is 1. The minimum Gasteiger partial charge on any atom is -0.368 e. The molecule has 1 aliphatic rings. The van der Waals surface area contributed by atoms with Gasteiger partial charge >= 0.3 is 0 Å². The topological polar surface area (TPSA) is 52.2 Å². The fourth-order valence-electron chi connectivity index (χ4n) is 3.19. The minimum absolute atomic E-state index is 0.0786. The largest absolute Gasteiger partial charge is 0.368 e. The normalized spacial score (nSPS) is 15.0. The number of carbonyl (C=O) groups excluding carboxylic acids is 1. The predicted octanol–water partition coefficient (Wildman–Crippen LogP) is 4.05. The number of aromatic amines is 1. The highest BCUT2D eigenvalue weighted by atomic mass is 79.9. The third kappa shape index (κ3) is 3.18. The first-order chi connectivity index (χ1) is 12.1. The predicted molar refractivity (Wildman–Crippen MR) is 106 cm³/mol. The highest BCUT2D eigenvalue weighted by molar-refractivity contribution is 9.13. The Morgan fingerprint density at radius 2 is 1.72 bits per heavy atom. The van der Waals surface area contributed by atoms with Crippen LogP contribution in [0.1, 0.15) is 10.4 Å². The molecule has 1 aromatic carbocycles. The van der Waals surface area contributed by atoms with Crippen LogP contribution in [0, 0.1) is 0 Å². The summed E-state index contributed by atoms with van der Waals surface area (Å²) in [5, 5.41) is 0.941. The van der Waals surface area contributed by atoms with Gasteiger partial charge < -0.3 is 14.8 Å². The lowest BCUT2D eigenvalue weighted by Crippen LogP contribution is -2.48. The lowest BCUT2D eigenvalue weighted by molar-refractivity contribution is 0.0749. The first-order valence-electron chi connectivity index (χ1n) is 8.04. The second kappa shape index (κ2) is 6.80. The number of rotatable bonds is 2. The number of pyridine rings is 1. The molecule has 0 spiro atoms. The molecule has 0 saturated carbocycles. The van der Waals surface area contributed by atoms with E-state index in [0.717, 1.165) is 44.2 Å². The third-order valence-corrected chi connectivity index (χ3v) is 6.39. The highest BCUT2D eigenvalue weighted by Gasteiger charge is 2.24. The number of H-pyrrole nitrogens is 1. The quantitative estimate of drug-likeness (QED) is 0.623. The van der Waals surface area contributed by atoms with Crippen LogP contribution in [0.5, 0.6) is 0 Å². The molecular formula is C18H16Br2N4O. The van der Waals surface area contributed by atoms with Gasteiger partial charge in [-0.05, 0) is 56.1 Å². The van der Waals surface area contributed by atoms with Crippen molar-refractivity contribution < 1.29 is 4.79 Å². The van der Waals surface area contributed by atoms with E-state index in [-0.39, 0.29) is 5.91 Å². The Kier molecular flexibility index (Phi) is 4.52. The first kappa shape index (κ1) is 16.6. The lowest BCUT2D eigenvalue weighted by Gasteiger charge is -2.36. The number of piperazine rings is 1. The van der Waals surface area contributed by atoms with Gasteiger partial charge in [0.05, 0.1) is 5.56 Å². The van der Waals surface area contributed by atoms with Crippen molar-refractivity contribution in [3.63, 3.8) is 0 Å². The number of hydrogen-bond acceptors (Lipinski definition) is 3. The van der Waals surface area contributed by atoms with Gasteiger partial charge in [-0.1, -0.05) is 0 Å². The van der Waals surface area contributed by atoms with Gasteiger partial charge in [0.15, 0.2) is 0 Å². The van der Waals surface area contributed by atoms with Crippen LogP contribution >= 0.6 is 31.9 Å². The number of carbonyl (C=O) groups is 1. The zero-order chi connectivity index (χ0) is 17.4. The van der Waals surface area contributed by atoms with Gasteiger partial charge in [0, 0.05) is 70.3 Å². The maximum atomic E-state index is 13.0. The zero-order valence-electron chi connectivity index (χ0n) is 13.4. The Hall–Kier alpha value is -1.86. The molecular weight excluding hydrogens is 448 g/mol. The summed E-state index contributed by atoms with van der Waals surface area (Å²) in [5.41, 5.74) is 2.83. The average Bonchev–Trinajstić information content (AvgIpc) is 3.05. The molecule has 0 unspecified atom stereocenters. The number of halogens is 2. The number of nitrogens with one attached hydrogen (secondary N) is 1. The Balaban J connectivity index is 1.52. The molecule has 5 nitrogen and oxygen atoms in total. The van der Waals surface area contributed by atoms with E-state index in [1.54, 1.807) is 18.6 Å². The maximum absolute atomic E-state index is 13.0. The summed E-state index contributed by atoms with van der Waals surface area (Å²) >= 11 is 7.01. The molecule has 1 saturated heterocycles. The van der Waals surface area contributed by atoms with Gasteiger partial charge in [-0.15, -0.1) is 0 Å². The summed E-state index contributed by atoms with van der Waals surface area (Å²) in [6.07, 6.45) is 5.41. The Morgan fingerprint density at radius 1 is 1.04 bits per heavy atom. The van der Waals surface area contributed by atoms with Crippen LogP contribution in [0.25, 0.3) is 10.9 Å². The van der Waals surface area contributed by atoms with Crippen molar-refractivity contribution in [3.8, 4) is 0 Å². The van der Waals surface area contributed by atoms with Crippen molar-refractivity contribution in [1.82, 2.24) is 14.9 Å². The van der Waals surface area contributed by atoms with Gasteiger partial charge in [0.2, 0.25) is 0 Å². The molecule has 1 N–H and O–H groups in total. The van der Waals surface area contributed by atoms with Crippen molar-refractivity contribution in [3.05, 3.63) is 57.4 Å². The molecule has 0 bridgehead atoms. The number of aromatic nitrogens is 2. The number of amides is 1. The number of fused-ring (bicyclic) bond motifs is 1. The summed E-state index contributed by atoms with van der Waals surface area (Å²) < 4.78 is 1.91. The van der Waals surface area contributed by atoms with Gasteiger partial charge in [0.1, 0.15) is 0 Å². The number of hydrogen-bond donors (Lipinski definition) is 1. The van der Waals surface area contributed by atoms with Crippen LogP contribution in [0.4, 0.5) is 5.69 Å². The van der Waals surface area contributed by atoms with Crippen molar-refractivity contribution in [2.75, 3.05) is 31.1 Å². The fraction of sp³-hybridized carbons (Fsp3) is 0.222. The molecule has 25 heavy (non-hydrogen) atoms. The summed E-state index contributed by atoms with van der Waals surface area (Å²) in [6.45, 7) is 3.08. The highest BCUT2D eigenvalue weighted by Crippen LogP contribution is 2.30. The van der Waals surface area contributed by atoms with Gasteiger partial charge in [-0.3, -0.25) is 9.78 Å². The maximum Gasteiger partial charge on any atom is 0.256 e. The average molecular weight is 464 g/mol. The molecule has 3 heterocycles. The van der Waals surface area contributed by atoms with Crippen molar-refractivity contribution >= 4 is 54.4 Å². The summed E-state index contributed by atoms with van der Waals surface area (Å²) in [7, 11) is 0. The van der Waals surface area contributed by atoms with Crippen LogP contribution in [-0.2, 0) is 0 Å². The molecule has 0 atom stereocenters. The Labute approximate surface area is 162 Å². The second-order valence-corrected chi connectivity index (χ2v) is 7.71. The van der Waals surface area contributed by atoms with Crippen molar-refractivity contribution in [1.29, 1.82) is 0 Å². The second-order valence-electron chi connectivity index (χ2n) is 6.00. The van der Waals surface area contributed by atoms with Gasteiger partial charge in [-0.2, -0.15) is 0 Å². The van der Waals surface area contributed by atoms with E-state index in [9.17, 15) is 4.79 Å². The number of anilines is 1. The van der Waals surface area contributed by atoms with E-state index in [1.807, 2.05) is 29.2 Å². The van der Waals surface area contributed by atoms with E-state index in [0.29, 0.717) is 13.1 Å². The molecule has 1 fully saturated rings.